The molecule has 34 heavy (non-hydrogen) atoms. The van der Waals surface area contributed by atoms with Crippen LogP contribution in [0.2, 0.25) is 0 Å². The molecule has 1 aromatic heterocycles. The molecule has 1 aliphatic rings. The Morgan fingerprint density at radius 1 is 1.09 bits per heavy atom. The summed E-state index contributed by atoms with van der Waals surface area (Å²) in [6, 6.07) is 17.6. The van der Waals surface area contributed by atoms with Crippen molar-refractivity contribution in [1.29, 1.82) is 0 Å². The van der Waals surface area contributed by atoms with E-state index in [4.69, 9.17) is 9.47 Å². The summed E-state index contributed by atoms with van der Waals surface area (Å²) in [5, 5.41) is 11.1. The van der Waals surface area contributed by atoms with Crippen molar-refractivity contribution in [3.63, 3.8) is 0 Å². The monoisotopic (exact) mass is 458 g/mol. The lowest BCUT2D eigenvalue weighted by Crippen LogP contribution is -2.32. The smallest absolute Gasteiger partial charge is 0.295 e. The van der Waals surface area contributed by atoms with Crippen molar-refractivity contribution in [3.05, 3.63) is 101 Å². The third-order valence-corrected chi connectivity index (χ3v) is 5.69. The van der Waals surface area contributed by atoms with E-state index in [1.165, 1.54) is 12.0 Å². The van der Waals surface area contributed by atoms with E-state index >= 15 is 0 Å². The van der Waals surface area contributed by atoms with Crippen LogP contribution < -0.4 is 4.74 Å². The number of methoxy groups -OCH3 is 1. The average Bonchev–Trinajstić information content (AvgIpc) is 3.11. The van der Waals surface area contributed by atoms with Crippen molar-refractivity contribution < 1.29 is 24.2 Å². The summed E-state index contributed by atoms with van der Waals surface area (Å²) in [5.74, 6) is -1.02. The molecule has 7 nitrogen and oxygen atoms in total. The number of nitrogens with zero attached hydrogens (tertiary/aromatic N) is 2. The standard InChI is InChI=1S/C27H26N2O5/c1-18-5-3-6-19(15-18)17-34-22-10-8-20(9-11-22)25(30)23-24(21-7-4-12-28-16-21)29(13-14-33-2)27(32)26(23)31/h3-12,15-16,24,30H,13-14,17H2,1-2H3/t24-/m1/s1. The zero-order valence-electron chi connectivity index (χ0n) is 19.1. The predicted octanol–water partition coefficient (Wildman–Crippen LogP) is 4.04. The fourth-order valence-electron chi connectivity index (χ4n) is 4.02. The van der Waals surface area contributed by atoms with E-state index in [-0.39, 0.29) is 24.5 Å². The van der Waals surface area contributed by atoms with Gasteiger partial charge >= 0.3 is 0 Å². The average molecular weight is 459 g/mol. The van der Waals surface area contributed by atoms with Crippen LogP contribution in [0, 0.1) is 6.92 Å². The highest BCUT2D eigenvalue weighted by Gasteiger charge is 2.45. The molecule has 0 unspecified atom stereocenters. The molecular formula is C27H26N2O5. The number of rotatable bonds is 8. The van der Waals surface area contributed by atoms with Gasteiger partial charge in [-0.3, -0.25) is 14.6 Å². The van der Waals surface area contributed by atoms with Gasteiger partial charge in [0.2, 0.25) is 0 Å². The Labute approximate surface area is 198 Å². The van der Waals surface area contributed by atoms with E-state index in [1.54, 1.807) is 48.8 Å². The molecule has 0 spiro atoms. The number of carbonyl (C=O) groups is 2. The lowest BCUT2D eigenvalue weighted by atomic mass is 9.96. The van der Waals surface area contributed by atoms with Gasteiger partial charge < -0.3 is 19.5 Å². The molecule has 0 saturated carbocycles. The summed E-state index contributed by atoms with van der Waals surface area (Å²) in [6.07, 6.45) is 3.20. The lowest BCUT2D eigenvalue weighted by Gasteiger charge is -2.24. The Balaban J connectivity index is 1.62. The quantitative estimate of drug-likeness (QED) is 0.311. The number of benzene rings is 2. The molecule has 174 valence electrons. The molecule has 1 atom stereocenters. The van der Waals surface area contributed by atoms with Gasteiger partial charge in [-0.1, -0.05) is 35.9 Å². The second kappa shape index (κ2) is 10.3. The van der Waals surface area contributed by atoms with Gasteiger partial charge in [0.05, 0.1) is 18.2 Å². The number of carbonyl (C=O) groups excluding carboxylic acids is 2. The minimum atomic E-state index is -0.749. The van der Waals surface area contributed by atoms with E-state index in [9.17, 15) is 14.7 Å². The number of Topliss-reactive ketones (excluding diaryl/α,β-unsaturated/α-hetero) is 1. The third kappa shape index (κ3) is 4.84. The fourth-order valence-corrected chi connectivity index (χ4v) is 4.02. The molecule has 1 aliphatic heterocycles. The molecule has 1 saturated heterocycles. The van der Waals surface area contributed by atoms with Gasteiger partial charge in [-0.15, -0.1) is 0 Å². The summed E-state index contributed by atoms with van der Waals surface area (Å²) in [6.45, 7) is 2.91. The summed E-state index contributed by atoms with van der Waals surface area (Å²) < 4.78 is 11.0. The molecule has 2 heterocycles. The van der Waals surface area contributed by atoms with Gasteiger partial charge in [-0.2, -0.15) is 0 Å². The highest BCUT2D eigenvalue weighted by molar-refractivity contribution is 6.46. The summed E-state index contributed by atoms with van der Waals surface area (Å²) in [4.78, 5) is 31.2. The van der Waals surface area contributed by atoms with Crippen LogP contribution in [0.3, 0.4) is 0 Å². The summed E-state index contributed by atoms with van der Waals surface area (Å²) in [7, 11) is 1.53. The van der Waals surface area contributed by atoms with E-state index in [0.29, 0.717) is 23.5 Å². The van der Waals surface area contributed by atoms with Crippen LogP contribution in [-0.2, 0) is 20.9 Å². The van der Waals surface area contributed by atoms with Gasteiger partial charge in [-0.05, 0) is 48.4 Å². The Hall–Kier alpha value is -3.97. The molecule has 0 aliphatic carbocycles. The number of aryl methyl sites for hydroxylation is 1. The van der Waals surface area contributed by atoms with Crippen LogP contribution in [0.4, 0.5) is 0 Å². The number of pyridine rings is 1. The van der Waals surface area contributed by atoms with Gasteiger partial charge in [0, 0.05) is 31.6 Å². The zero-order chi connectivity index (χ0) is 24.1. The topological polar surface area (TPSA) is 89.0 Å². The molecule has 0 radical (unpaired) electrons. The van der Waals surface area contributed by atoms with Gasteiger partial charge in [-0.25, -0.2) is 0 Å². The maximum atomic E-state index is 12.9. The lowest BCUT2D eigenvalue weighted by molar-refractivity contribution is -0.140. The molecule has 0 bridgehead atoms. The molecule has 4 rings (SSSR count). The number of aromatic nitrogens is 1. The fraction of sp³-hybridized carbons (Fsp3) is 0.222. The SMILES string of the molecule is COCCN1C(=O)C(=O)C(=C(O)c2ccc(OCc3cccc(C)c3)cc2)[C@H]1c1cccnc1. The number of amides is 1. The summed E-state index contributed by atoms with van der Waals surface area (Å²) >= 11 is 0. The number of aliphatic hydroxyl groups excluding tert-OH is 1. The van der Waals surface area contributed by atoms with Crippen LogP contribution in [0.15, 0.2) is 78.6 Å². The van der Waals surface area contributed by atoms with Crippen LogP contribution in [0.25, 0.3) is 5.76 Å². The Kier molecular flexibility index (Phi) is 7.04. The minimum Gasteiger partial charge on any atom is -0.507 e. The van der Waals surface area contributed by atoms with Crippen LogP contribution >= 0.6 is 0 Å². The van der Waals surface area contributed by atoms with E-state index < -0.39 is 17.7 Å². The first-order chi connectivity index (χ1) is 16.5. The van der Waals surface area contributed by atoms with Gasteiger partial charge in [0.15, 0.2) is 0 Å². The molecule has 1 N–H and O–H groups in total. The number of aliphatic hydroxyl groups is 1. The first-order valence-electron chi connectivity index (χ1n) is 11.0. The first-order valence-corrected chi connectivity index (χ1v) is 11.0. The maximum absolute atomic E-state index is 12.9. The van der Waals surface area contributed by atoms with E-state index in [0.717, 1.165) is 11.1 Å². The Morgan fingerprint density at radius 3 is 2.56 bits per heavy atom. The molecule has 3 aromatic rings. The maximum Gasteiger partial charge on any atom is 0.295 e. The second-order valence-electron chi connectivity index (χ2n) is 8.07. The largest absolute Gasteiger partial charge is 0.507 e. The van der Waals surface area contributed by atoms with Crippen LogP contribution in [0.5, 0.6) is 5.75 Å². The molecule has 2 aromatic carbocycles. The summed E-state index contributed by atoms with van der Waals surface area (Å²) in [5.41, 5.74) is 3.30. The number of hydrogen-bond donors (Lipinski definition) is 1. The van der Waals surface area contributed by atoms with E-state index in [1.807, 2.05) is 25.1 Å². The van der Waals surface area contributed by atoms with Crippen molar-refractivity contribution in [1.82, 2.24) is 9.88 Å². The Morgan fingerprint density at radius 2 is 1.88 bits per heavy atom. The van der Waals surface area contributed by atoms with Crippen molar-refractivity contribution in [2.75, 3.05) is 20.3 Å². The highest BCUT2D eigenvalue weighted by atomic mass is 16.5. The van der Waals surface area contributed by atoms with Crippen LogP contribution in [0.1, 0.15) is 28.3 Å². The van der Waals surface area contributed by atoms with Crippen molar-refractivity contribution >= 4 is 17.4 Å². The predicted molar refractivity (Wildman–Crippen MR) is 127 cm³/mol. The van der Waals surface area contributed by atoms with Crippen molar-refractivity contribution in [3.8, 4) is 5.75 Å². The van der Waals surface area contributed by atoms with Crippen LogP contribution in [-0.4, -0.2) is 46.9 Å². The first kappa shape index (κ1) is 23.2. The molecule has 1 fully saturated rings. The second-order valence-corrected chi connectivity index (χ2v) is 8.07. The van der Waals surface area contributed by atoms with Gasteiger partial charge in [0.25, 0.3) is 11.7 Å². The normalized spacial score (nSPS) is 17.2. The molecule has 7 heteroatoms. The molecular weight excluding hydrogens is 432 g/mol. The van der Waals surface area contributed by atoms with Crippen molar-refractivity contribution in [2.24, 2.45) is 0 Å². The Bertz CT molecular complexity index is 1210. The number of likely N-dealkylation sites (tertiary alicyclic amines) is 1. The molecule has 1 amide bonds. The number of ether oxygens (including phenoxy) is 2. The van der Waals surface area contributed by atoms with Crippen molar-refractivity contribution in [2.45, 2.75) is 19.6 Å². The number of hydrogen-bond acceptors (Lipinski definition) is 6. The third-order valence-electron chi connectivity index (χ3n) is 5.69. The van der Waals surface area contributed by atoms with E-state index in [2.05, 4.69) is 11.1 Å². The zero-order valence-corrected chi connectivity index (χ0v) is 19.1. The highest BCUT2D eigenvalue weighted by Crippen LogP contribution is 2.39. The number of ketones is 1. The van der Waals surface area contributed by atoms with Gasteiger partial charge in [0.1, 0.15) is 18.1 Å². The minimum absolute atomic E-state index is 0.0301.